The van der Waals surface area contributed by atoms with Gasteiger partial charge in [-0.1, -0.05) is 0 Å². The minimum absolute atomic E-state index is 0.244. The molecule has 0 bridgehead atoms. The standard InChI is InChI=1S/C13H17N3O/c1-8-3-4-12(17-8)13-11-7-10(14)5-6-16(11)9(2)15-13/h3-4,10H,5-7,14H2,1-2H3. The van der Waals surface area contributed by atoms with Crippen molar-refractivity contribution in [3.05, 3.63) is 29.4 Å². The van der Waals surface area contributed by atoms with Crippen LogP contribution in [-0.4, -0.2) is 15.6 Å². The Kier molecular flexibility index (Phi) is 2.33. The Morgan fingerprint density at radius 1 is 1.41 bits per heavy atom. The van der Waals surface area contributed by atoms with Crippen molar-refractivity contribution in [1.82, 2.24) is 9.55 Å². The van der Waals surface area contributed by atoms with Gasteiger partial charge < -0.3 is 14.7 Å². The molecule has 90 valence electrons. The number of hydrogen-bond donors (Lipinski definition) is 1. The number of nitrogens with zero attached hydrogens (tertiary/aromatic N) is 2. The molecular weight excluding hydrogens is 214 g/mol. The number of furan rings is 1. The van der Waals surface area contributed by atoms with Gasteiger partial charge in [-0.05, 0) is 32.4 Å². The largest absolute Gasteiger partial charge is 0.460 e. The Balaban J connectivity index is 2.12. The molecular formula is C13H17N3O. The van der Waals surface area contributed by atoms with E-state index in [0.29, 0.717) is 0 Å². The summed E-state index contributed by atoms with van der Waals surface area (Å²) < 4.78 is 7.93. The molecule has 0 aromatic carbocycles. The predicted molar refractivity (Wildman–Crippen MR) is 65.7 cm³/mol. The first-order valence-corrected chi connectivity index (χ1v) is 6.03. The highest BCUT2D eigenvalue weighted by molar-refractivity contribution is 5.57. The average molecular weight is 231 g/mol. The fraction of sp³-hybridized carbons (Fsp3) is 0.462. The van der Waals surface area contributed by atoms with Gasteiger partial charge in [0.2, 0.25) is 0 Å². The Morgan fingerprint density at radius 2 is 2.24 bits per heavy atom. The lowest BCUT2D eigenvalue weighted by Gasteiger charge is -2.21. The lowest BCUT2D eigenvalue weighted by molar-refractivity contribution is 0.464. The van der Waals surface area contributed by atoms with Crippen molar-refractivity contribution in [1.29, 1.82) is 0 Å². The van der Waals surface area contributed by atoms with E-state index in [0.717, 1.165) is 42.4 Å². The summed E-state index contributed by atoms with van der Waals surface area (Å²) >= 11 is 0. The molecule has 0 radical (unpaired) electrons. The normalized spacial score (nSPS) is 19.4. The third kappa shape index (κ3) is 1.69. The minimum atomic E-state index is 0.244. The molecule has 3 rings (SSSR count). The van der Waals surface area contributed by atoms with Gasteiger partial charge in [0.25, 0.3) is 0 Å². The van der Waals surface area contributed by atoms with Crippen molar-refractivity contribution in [3.63, 3.8) is 0 Å². The van der Waals surface area contributed by atoms with Gasteiger partial charge in [-0.15, -0.1) is 0 Å². The molecule has 2 aromatic heterocycles. The Morgan fingerprint density at radius 3 is 2.94 bits per heavy atom. The number of imidazole rings is 1. The maximum Gasteiger partial charge on any atom is 0.154 e. The Labute approximate surface area is 100 Å². The van der Waals surface area contributed by atoms with Crippen LogP contribution in [-0.2, 0) is 13.0 Å². The molecule has 0 spiro atoms. The fourth-order valence-electron chi connectivity index (χ4n) is 2.52. The van der Waals surface area contributed by atoms with Crippen molar-refractivity contribution in [2.24, 2.45) is 5.73 Å². The van der Waals surface area contributed by atoms with E-state index in [-0.39, 0.29) is 6.04 Å². The molecule has 17 heavy (non-hydrogen) atoms. The molecule has 1 atom stereocenters. The van der Waals surface area contributed by atoms with E-state index < -0.39 is 0 Å². The topological polar surface area (TPSA) is 57.0 Å². The van der Waals surface area contributed by atoms with Crippen LogP contribution in [0.2, 0.25) is 0 Å². The predicted octanol–water partition coefficient (Wildman–Crippen LogP) is 2.03. The van der Waals surface area contributed by atoms with Crippen molar-refractivity contribution in [2.45, 2.75) is 39.3 Å². The Hall–Kier alpha value is -1.55. The van der Waals surface area contributed by atoms with Gasteiger partial charge in [0.05, 0.1) is 5.69 Å². The lowest BCUT2D eigenvalue weighted by Crippen LogP contribution is -2.31. The SMILES string of the molecule is Cc1ccc(-c2nc(C)n3c2CC(N)CC3)o1. The van der Waals surface area contributed by atoms with Gasteiger partial charge in [0.15, 0.2) is 5.76 Å². The van der Waals surface area contributed by atoms with Gasteiger partial charge in [0, 0.05) is 19.0 Å². The number of hydrogen-bond acceptors (Lipinski definition) is 3. The van der Waals surface area contributed by atoms with Crippen LogP contribution in [0.4, 0.5) is 0 Å². The third-order valence-electron chi connectivity index (χ3n) is 3.42. The first-order chi connectivity index (χ1) is 8.15. The smallest absolute Gasteiger partial charge is 0.154 e. The highest BCUT2D eigenvalue weighted by Crippen LogP contribution is 2.29. The van der Waals surface area contributed by atoms with E-state index >= 15 is 0 Å². The summed E-state index contributed by atoms with van der Waals surface area (Å²) in [5.41, 5.74) is 8.22. The maximum absolute atomic E-state index is 6.04. The van der Waals surface area contributed by atoms with Crippen LogP contribution in [0.5, 0.6) is 0 Å². The monoisotopic (exact) mass is 231 g/mol. The number of nitrogens with two attached hydrogens (primary N) is 1. The second kappa shape index (κ2) is 3.74. The van der Waals surface area contributed by atoms with Gasteiger partial charge in [-0.2, -0.15) is 0 Å². The molecule has 0 aliphatic carbocycles. The first-order valence-electron chi connectivity index (χ1n) is 6.03. The highest BCUT2D eigenvalue weighted by atomic mass is 16.3. The molecule has 4 heteroatoms. The van der Waals surface area contributed by atoms with Crippen LogP contribution in [0.1, 0.15) is 23.7 Å². The molecule has 1 aliphatic heterocycles. The Bertz CT molecular complexity index is 553. The van der Waals surface area contributed by atoms with Crippen LogP contribution in [0.15, 0.2) is 16.5 Å². The zero-order valence-electron chi connectivity index (χ0n) is 10.2. The van der Waals surface area contributed by atoms with Crippen LogP contribution in [0, 0.1) is 13.8 Å². The molecule has 0 saturated carbocycles. The fourth-order valence-corrected chi connectivity index (χ4v) is 2.52. The van der Waals surface area contributed by atoms with Crippen molar-refractivity contribution >= 4 is 0 Å². The lowest BCUT2D eigenvalue weighted by atomic mass is 10.0. The highest BCUT2D eigenvalue weighted by Gasteiger charge is 2.24. The molecule has 2 N–H and O–H groups in total. The van der Waals surface area contributed by atoms with Crippen molar-refractivity contribution in [2.75, 3.05) is 0 Å². The van der Waals surface area contributed by atoms with Crippen LogP contribution < -0.4 is 5.73 Å². The number of aromatic nitrogens is 2. The zero-order valence-corrected chi connectivity index (χ0v) is 10.2. The average Bonchev–Trinajstić information content (AvgIpc) is 2.83. The van der Waals surface area contributed by atoms with E-state index in [4.69, 9.17) is 10.2 Å². The van der Waals surface area contributed by atoms with Crippen molar-refractivity contribution < 1.29 is 4.42 Å². The second-order valence-electron chi connectivity index (χ2n) is 4.77. The van der Waals surface area contributed by atoms with E-state index in [1.807, 2.05) is 26.0 Å². The molecule has 1 unspecified atom stereocenters. The quantitative estimate of drug-likeness (QED) is 0.817. The van der Waals surface area contributed by atoms with Crippen LogP contribution in [0.25, 0.3) is 11.5 Å². The van der Waals surface area contributed by atoms with Gasteiger partial charge in [0.1, 0.15) is 17.3 Å². The summed E-state index contributed by atoms with van der Waals surface area (Å²) in [6, 6.07) is 4.20. The zero-order chi connectivity index (χ0) is 12.0. The molecule has 2 aromatic rings. The number of aryl methyl sites for hydroxylation is 2. The number of rotatable bonds is 1. The molecule has 1 aliphatic rings. The summed E-state index contributed by atoms with van der Waals surface area (Å²) in [4.78, 5) is 4.62. The third-order valence-corrected chi connectivity index (χ3v) is 3.42. The van der Waals surface area contributed by atoms with E-state index in [2.05, 4.69) is 9.55 Å². The summed E-state index contributed by atoms with van der Waals surface area (Å²) in [6.07, 6.45) is 1.91. The molecule has 0 saturated heterocycles. The minimum Gasteiger partial charge on any atom is -0.460 e. The van der Waals surface area contributed by atoms with E-state index in [1.165, 1.54) is 5.69 Å². The molecule has 3 heterocycles. The van der Waals surface area contributed by atoms with E-state index in [9.17, 15) is 0 Å². The number of fused-ring (bicyclic) bond motifs is 1. The van der Waals surface area contributed by atoms with Crippen molar-refractivity contribution in [3.8, 4) is 11.5 Å². The van der Waals surface area contributed by atoms with Gasteiger partial charge in [-0.25, -0.2) is 4.98 Å². The van der Waals surface area contributed by atoms with Gasteiger partial charge in [-0.3, -0.25) is 0 Å². The van der Waals surface area contributed by atoms with Crippen LogP contribution in [0.3, 0.4) is 0 Å². The molecule has 0 amide bonds. The summed E-state index contributed by atoms with van der Waals surface area (Å²) in [5.74, 6) is 2.82. The summed E-state index contributed by atoms with van der Waals surface area (Å²) in [6.45, 7) is 4.96. The summed E-state index contributed by atoms with van der Waals surface area (Å²) in [7, 11) is 0. The summed E-state index contributed by atoms with van der Waals surface area (Å²) in [5, 5.41) is 0. The van der Waals surface area contributed by atoms with Gasteiger partial charge >= 0.3 is 0 Å². The second-order valence-corrected chi connectivity index (χ2v) is 4.77. The first kappa shape index (κ1) is 10.6. The molecule has 4 nitrogen and oxygen atoms in total. The van der Waals surface area contributed by atoms with Crippen LogP contribution >= 0.6 is 0 Å². The molecule has 0 fully saturated rings. The van der Waals surface area contributed by atoms with E-state index in [1.54, 1.807) is 0 Å². The maximum atomic E-state index is 6.04.